The van der Waals surface area contributed by atoms with E-state index in [0.29, 0.717) is 5.75 Å². The van der Waals surface area contributed by atoms with Crippen molar-refractivity contribution in [3.63, 3.8) is 0 Å². The maximum atomic E-state index is 9.88. The second-order valence-electron chi connectivity index (χ2n) is 7.93. The van der Waals surface area contributed by atoms with Crippen LogP contribution in [0.2, 0.25) is 0 Å². The predicted molar refractivity (Wildman–Crippen MR) is 138 cm³/mol. The number of rotatable bonds is 7. The smallest absolute Gasteiger partial charge is 0.115 e. The molecule has 0 aliphatic carbocycles. The maximum absolute atomic E-state index is 9.88. The Bertz CT molecular complexity index is 1290. The summed E-state index contributed by atoms with van der Waals surface area (Å²) in [5.41, 5.74) is 7.18. The number of phenolic OH excluding ortho intramolecular Hbond substituents is 1. The number of aryl methyl sites for hydroxylation is 2. The fraction of sp³-hybridized carbons (Fsp3) is 0.0968. The third-order valence-corrected chi connectivity index (χ3v) is 5.76. The van der Waals surface area contributed by atoms with Crippen LogP contribution in [0.4, 0.5) is 0 Å². The molecule has 0 bridgehead atoms. The Kier molecular flexibility index (Phi) is 6.67. The quantitative estimate of drug-likeness (QED) is 0.301. The fourth-order valence-electron chi connectivity index (χ4n) is 4.21. The summed E-state index contributed by atoms with van der Waals surface area (Å²) in [6.45, 7) is 6.06. The Hall–Kier alpha value is -3.84. The largest absolute Gasteiger partial charge is 0.508 e. The third-order valence-electron chi connectivity index (χ3n) is 5.76. The lowest BCUT2D eigenvalue weighted by molar-refractivity contribution is 0.474. The van der Waals surface area contributed by atoms with E-state index in [4.69, 9.17) is 0 Å². The first kappa shape index (κ1) is 21.4. The number of hydrogen-bond donors (Lipinski definition) is 1. The molecule has 4 aromatic rings. The monoisotopic (exact) mass is 416 g/mol. The second-order valence-corrected chi connectivity index (χ2v) is 7.93. The molecule has 0 heterocycles. The molecule has 0 aliphatic heterocycles. The SMILES string of the molecule is C=CC(=CC=CC)c1cc(CCc2cccc(O)c2)c2c(-c3ccccc3)cccc2c1. The van der Waals surface area contributed by atoms with E-state index in [9.17, 15) is 5.11 Å². The van der Waals surface area contributed by atoms with Crippen molar-refractivity contribution in [1.82, 2.24) is 0 Å². The first-order valence-corrected chi connectivity index (χ1v) is 11.0. The molecule has 0 saturated carbocycles. The fourth-order valence-corrected chi connectivity index (χ4v) is 4.21. The number of phenols is 1. The van der Waals surface area contributed by atoms with E-state index in [0.717, 1.165) is 24.0 Å². The van der Waals surface area contributed by atoms with Gasteiger partial charge in [-0.1, -0.05) is 97.6 Å². The first-order chi connectivity index (χ1) is 15.7. The molecule has 0 radical (unpaired) electrons. The molecule has 1 heteroatoms. The van der Waals surface area contributed by atoms with Gasteiger partial charge in [-0.15, -0.1) is 0 Å². The van der Waals surface area contributed by atoms with Crippen LogP contribution >= 0.6 is 0 Å². The van der Waals surface area contributed by atoms with Crippen LogP contribution in [-0.4, -0.2) is 5.11 Å². The highest BCUT2D eigenvalue weighted by molar-refractivity contribution is 6.01. The molecule has 0 fully saturated rings. The Morgan fingerprint density at radius 3 is 2.44 bits per heavy atom. The summed E-state index contributed by atoms with van der Waals surface area (Å²) < 4.78 is 0. The van der Waals surface area contributed by atoms with Crippen LogP contribution in [0.3, 0.4) is 0 Å². The highest BCUT2D eigenvalue weighted by atomic mass is 16.3. The van der Waals surface area contributed by atoms with E-state index >= 15 is 0 Å². The zero-order valence-corrected chi connectivity index (χ0v) is 18.5. The molecule has 0 spiro atoms. The molecular weight excluding hydrogens is 388 g/mol. The third kappa shape index (κ3) is 4.73. The Morgan fingerprint density at radius 2 is 1.69 bits per heavy atom. The minimum absolute atomic E-state index is 0.314. The maximum Gasteiger partial charge on any atom is 0.115 e. The molecule has 32 heavy (non-hydrogen) atoms. The molecule has 158 valence electrons. The number of hydrogen-bond acceptors (Lipinski definition) is 1. The van der Waals surface area contributed by atoms with Crippen LogP contribution in [-0.2, 0) is 12.8 Å². The van der Waals surface area contributed by atoms with Gasteiger partial charge in [0.05, 0.1) is 0 Å². The molecule has 1 N–H and O–H groups in total. The normalized spacial score (nSPS) is 11.8. The second kappa shape index (κ2) is 9.98. The van der Waals surface area contributed by atoms with Gasteiger partial charge in [0.2, 0.25) is 0 Å². The van der Waals surface area contributed by atoms with Crippen LogP contribution in [0.1, 0.15) is 23.6 Å². The Morgan fingerprint density at radius 1 is 0.875 bits per heavy atom. The van der Waals surface area contributed by atoms with Crippen molar-refractivity contribution in [2.45, 2.75) is 19.8 Å². The van der Waals surface area contributed by atoms with Crippen molar-refractivity contribution >= 4 is 16.3 Å². The zero-order chi connectivity index (χ0) is 22.3. The van der Waals surface area contributed by atoms with Gasteiger partial charge in [0.15, 0.2) is 0 Å². The molecule has 0 atom stereocenters. The summed E-state index contributed by atoms with van der Waals surface area (Å²) >= 11 is 0. The van der Waals surface area contributed by atoms with Crippen molar-refractivity contribution in [2.24, 2.45) is 0 Å². The van der Waals surface area contributed by atoms with Gasteiger partial charge in [-0.05, 0) is 82.1 Å². The topological polar surface area (TPSA) is 20.2 Å². The van der Waals surface area contributed by atoms with Crippen LogP contribution in [0.5, 0.6) is 5.75 Å². The number of aromatic hydroxyl groups is 1. The molecule has 4 rings (SSSR count). The van der Waals surface area contributed by atoms with Gasteiger partial charge in [0.1, 0.15) is 5.75 Å². The molecule has 0 aromatic heterocycles. The van der Waals surface area contributed by atoms with E-state index in [2.05, 4.69) is 79.4 Å². The highest BCUT2D eigenvalue weighted by Crippen LogP contribution is 2.34. The van der Waals surface area contributed by atoms with Crippen molar-refractivity contribution < 1.29 is 5.11 Å². The van der Waals surface area contributed by atoms with Crippen LogP contribution in [0.15, 0.2) is 116 Å². The van der Waals surface area contributed by atoms with E-state index in [-0.39, 0.29) is 0 Å². The van der Waals surface area contributed by atoms with Gasteiger partial charge in [0, 0.05) is 0 Å². The lowest BCUT2D eigenvalue weighted by Crippen LogP contribution is -1.97. The van der Waals surface area contributed by atoms with Crippen molar-refractivity contribution in [1.29, 1.82) is 0 Å². The molecule has 0 saturated heterocycles. The lowest BCUT2D eigenvalue weighted by atomic mass is 9.89. The minimum atomic E-state index is 0.314. The van der Waals surface area contributed by atoms with E-state index in [1.54, 1.807) is 6.07 Å². The molecule has 0 unspecified atom stereocenters. The predicted octanol–water partition coefficient (Wildman–Crippen LogP) is 8.14. The number of fused-ring (bicyclic) bond motifs is 1. The van der Waals surface area contributed by atoms with E-state index in [1.807, 2.05) is 37.3 Å². The highest BCUT2D eigenvalue weighted by Gasteiger charge is 2.12. The van der Waals surface area contributed by atoms with Crippen LogP contribution in [0.25, 0.3) is 27.5 Å². The average molecular weight is 417 g/mol. The molecule has 1 nitrogen and oxygen atoms in total. The number of benzene rings is 4. The van der Waals surface area contributed by atoms with Crippen molar-refractivity contribution in [3.05, 3.63) is 133 Å². The van der Waals surface area contributed by atoms with Gasteiger partial charge in [0.25, 0.3) is 0 Å². The average Bonchev–Trinajstić information content (AvgIpc) is 2.83. The zero-order valence-electron chi connectivity index (χ0n) is 18.5. The molecule has 4 aromatic carbocycles. The lowest BCUT2D eigenvalue weighted by Gasteiger charge is -2.15. The first-order valence-electron chi connectivity index (χ1n) is 11.0. The van der Waals surface area contributed by atoms with Crippen LogP contribution in [0, 0.1) is 0 Å². The van der Waals surface area contributed by atoms with E-state index < -0.39 is 0 Å². The van der Waals surface area contributed by atoms with Gasteiger partial charge < -0.3 is 5.11 Å². The van der Waals surface area contributed by atoms with E-state index in [1.165, 1.54) is 33.0 Å². The standard InChI is InChI=1S/C31H28O/c1-3-5-12-24(4-2)28-21-26-15-10-17-30(25-13-7-6-8-14-25)31(26)27(22-28)19-18-23-11-9-16-29(32)20-23/h3-17,20-22,32H,2,18-19H2,1H3. The minimum Gasteiger partial charge on any atom is -0.508 e. The summed E-state index contributed by atoms with van der Waals surface area (Å²) in [6.07, 6.45) is 9.84. The van der Waals surface area contributed by atoms with Gasteiger partial charge in [-0.25, -0.2) is 0 Å². The Labute approximate surface area is 190 Å². The summed E-state index contributed by atoms with van der Waals surface area (Å²) in [4.78, 5) is 0. The Balaban J connectivity index is 1.88. The van der Waals surface area contributed by atoms with Gasteiger partial charge >= 0.3 is 0 Å². The van der Waals surface area contributed by atoms with Crippen molar-refractivity contribution in [2.75, 3.05) is 0 Å². The molecule has 0 amide bonds. The summed E-state index contributed by atoms with van der Waals surface area (Å²) in [5.74, 6) is 0.314. The summed E-state index contributed by atoms with van der Waals surface area (Å²) in [7, 11) is 0. The van der Waals surface area contributed by atoms with Crippen molar-refractivity contribution in [3.8, 4) is 16.9 Å². The summed E-state index contributed by atoms with van der Waals surface area (Å²) in [6, 6.07) is 29.2. The van der Waals surface area contributed by atoms with Gasteiger partial charge in [-0.3, -0.25) is 0 Å². The number of allylic oxidation sites excluding steroid dienone is 5. The molecular formula is C31H28O. The summed E-state index contributed by atoms with van der Waals surface area (Å²) in [5, 5.41) is 12.4. The van der Waals surface area contributed by atoms with Gasteiger partial charge in [-0.2, -0.15) is 0 Å². The molecule has 0 aliphatic rings. The van der Waals surface area contributed by atoms with Crippen LogP contribution < -0.4 is 0 Å².